The fourth-order valence-corrected chi connectivity index (χ4v) is 11.1. The van der Waals surface area contributed by atoms with Crippen molar-refractivity contribution >= 4 is 108 Å². The zero-order valence-corrected chi connectivity index (χ0v) is 34.4. The third-order valence-corrected chi connectivity index (χ3v) is 14.0. The second-order valence-corrected chi connectivity index (χ2v) is 17.4. The summed E-state index contributed by atoms with van der Waals surface area (Å²) in [6.07, 6.45) is 0. The van der Waals surface area contributed by atoms with E-state index in [1.807, 2.05) is 18.2 Å². The number of furan rings is 1. The Balaban J connectivity index is 0.964. The molecule has 10 aromatic carbocycles. The number of thiophene rings is 1. The molecule has 4 heterocycles. The summed E-state index contributed by atoms with van der Waals surface area (Å²) in [5.41, 5.74) is 7.88. The first-order chi connectivity index (χ1) is 31.2. The van der Waals surface area contributed by atoms with Crippen molar-refractivity contribution in [3.05, 3.63) is 194 Å². The van der Waals surface area contributed by atoms with Crippen LogP contribution in [0.1, 0.15) is 0 Å². The first-order valence-electron chi connectivity index (χ1n) is 21.2. The highest BCUT2D eigenvalue weighted by Crippen LogP contribution is 2.43. The van der Waals surface area contributed by atoms with Crippen LogP contribution >= 0.6 is 11.3 Å². The van der Waals surface area contributed by atoms with Gasteiger partial charge in [0.1, 0.15) is 5.58 Å². The molecule has 0 saturated heterocycles. The topological polar surface area (TPSA) is 56.7 Å². The van der Waals surface area contributed by atoms with Crippen LogP contribution in [0.15, 0.2) is 199 Å². The van der Waals surface area contributed by atoms with Crippen LogP contribution in [0.5, 0.6) is 0 Å². The van der Waals surface area contributed by atoms with Crippen LogP contribution in [0.2, 0.25) is 0 Å². The highest BCUT2D eigenvalue weighted by molar-refractivity contribution is 7.26. The molecular weight excluding hydrogens is 789 g/mol. The van der Waals surface area contributed by atoms with Gasteiger partial charge in [0, 0.05) is 58.4 Å². The predicted octanol–water partition coefficient (Wildman–Crippen LogP) is 15.7. The quantitative estimate of drug-likeness (QED) is 0.177. The maximum absolute atomic E-state index is 6.94. The average Bonchev–Trinajstić information content (AvgIpc) is 4.02. The Bertz CT molecular complexity index is 4130. The number of hydrogen-bond acceptors (Lipinski definition) is 5. The number of hydrogen-bond donors (Lipinski definition) is 0. The summed E-state index contributed by atoms with van der Waals surface area (Å²) in [5, 5.41) is 14.1. The van der Waals surface area contributed by atoms with Crippen LogP contribution < -0.4 is 0 Å². The Hall–Kier alpha value is -8.19. The van der Waals surface area contributed by atoms with Crippen LogP contribution in [0.3, 0.4) is 0 Å². The van der Waals surface area contributed by atoms with Gasteiger partial charge in [-0.3, -0.25) is 0 Å². The van der Waals surface area contributed by atoms with E-state index in [0.717, 1.165) is 66.1 Å². The molecule has 0 bridgehead atoms. The minimum absolute atomic E-state index is 0.629. The Kier molecular flexibility index (Phi) is 7.21. The van der Waals surface area contributed by atoms with Gasteiger partial charge in [0.2, 0.25) is 0 Å². The van der Waals surface area contributed by atoms with Crippen molar-refractivity contribution in [3.63, 3.8) is 0 Å². The minimum atomic E-state index is 0.629. The highest BCUT2D eigenvalue weighted by Gasteiger charge is 2.21. The molecule has 0 aliphatic carbocycles. The Morgan fingerprint density at radius 1 is 0.397 bits per heavy atom. The second kappa shape index (κ2) is 13.2. The SMILES string of the molecule is c1ccc(-c2nc(-c3ccc4c(ccc5oc6c(-n7c8cc9ccccc9cc8c8cc9ccccc9cc87)cccc6c54)c3)nc(-c3cccc4c3sc3ccccc34)n2)cc1. The number of nitrogens with zero attached hydrogens (tertiary/aromatic N) is 4. The van der Waals surface area contributed by atoms with E-state index in [1.54, 1.807) is 11.3 Å². The van der Waals surface area contributed by atoms with Crippen molar-refractivity contribution in [2.75, 3.05) is 0 Å². The Morgan fingerprint density at radius 3 is 1.78 bits per heavy atom. The fourth-order valence-electron chi connectivity index (χ4n) is 9.84. The van der Waals surface area contributed by atoms with Gasteiger partial charge in [-0.15, -0.1) is 11.3 Å². The summed E-state index contributed by atoms with van der Waals surface area (Å²) in [5.74, 6) is 1.93. The molecule has 0 fully saturated rings. The van der Waals surface area contributed by atoms with Crippen LogP contribution in [-0.2, 0) is 0 Å². The lowest BCUT2D eigenvalue weighted by atomic mass is 10.0. The smallest absolute Gasteiger partial charge is 0.165 e. The molecule has 0 amide bonds. The largest absolute Gasteiger partial charge is 0.454 e. The number of aromatic nitrogens is 4. The standard InChI is InChI=1S/C57H32N4OS/c1-2-12-33(13-3-1)55-58-56(60-57(59-55)44-21-10-19-42-41-18-8-9-23-51(41)63-54(42)44)39-24-26-40-38(28-39)25-27-50-52(40)43-20-11-22-47(53(43)62-50)61-48-31-36-16-6-4-14-34(36)29-45(48)46-30-35-15-5-7-17-37(35)32-49(46)61/h1-32H. The number of para-hydroxylation sites is 1. The van der Waals surface area contributed by atoms with Gasteiger partial charge in [0.05, 0.1) is 16.7 Å². The normalized spacial score (nSPS) is 12.1. The molecular formula is C57H32N4OS. The molecule has 5 nitrogen and oxygen atoms in total. The monoisotopic (exact) mass is 820 g/mol. The maximum Gasteiger partial charge on any atom is 0.165 e. The summed E-state index contributed by atoms with van der Waals surface area (Å²) >= 11 is 1.78. The van der Waals surface area contributed by atoms with Crippen molar-refractivity contribution in [1.82, 2.24) is 19.5 Å². The third kappa shape index (κ3) is 5.19. The van der Waals surface area contributed by atoms with Gasteiger partial charge in [0.15, 0.2) is 23.1 Å². The van der Waals surface area contributed by atoms with E-state index in [9.17, 15) is 0 Å². The molecule has 292 valence electrons. The van der Waals surface area contributed by atoms with Crippen molar-refractivity contribution in [3.8, 4) is 39.9 Å². The first-order valence-corrected chi connectivity index (χ1v) is 22.0. The van der Waals surface area contributed by atoms with Gasteiger partial charge < -0.3 is 8.98 Å². The summed E-state index contributed by atoms with van der Waals surface area (Å²) in [6, 6.07) is 69.1. The molecule has 0 spiro atoms. The molecule has 0 radical (unpaired) electrons. The van der Waals surface area contributed by atoms with Crippen LogP contribution in [0, 0.1) is 0 Å². The molecule has 4 aromatic heterocycles. The van der Waals surface area contributed by atoms with Gasteiger partial charge in [0.25, 0.3) is 0 Å². The van der Waals surface area contributed by atoms with E-state index in [-0.39, 0.29) is 0 Å². The Morgan fingerprint density at radius 2 is 1.02 bits per heavy atom. The van der Waals surface area contributed by atoms with Gasteiger partial charge in [-0.2, -0.15) is 0 Å². The summed E-state index contributed by atoms with van der Waals surface area (Å²) in [7, 11) is 0. The van der Waals surface area contributed by atoms with E-state index >= 15 is 0 Å². The molecule has 0 unspecified atom stereocenters. The number of rotatable bonds is 4. The minimum Gasteiger partial charge on any atom is -0.454 e. The first kappa shape index (κ1) is 34.5. The molecule has 0 saturated carbocycles. The predicted molar refractivity (Wildman–Crippen MR) is 263 cm³/mol. The number of benzene rings is 10. The van der Waals surface area contributed by atoms with E-state index in [4.69, 9.17) is 19.4 Å². The molecule has 63 heavy (non-hydrogen) atoms. The molecule has 6 heteroatoms. The van der Waals surface area contributed by atoms with Crippen molar-refractivity contribution < 1.29 is 4.42 Å². The summed E-state index contributed by atoms with van der Waals surface area (Å²) in [4.78, 5) is 15.5. The van der Waals surface area contributed by atoms with E-state index < -0.39 is 0 Å². The summed E-state index contributed by atoms with van der Waals surface area (Å²) < 4.78 is 11.8. The number of fused-ring (bicyclic) bond motifs is 13. The van der Waals surface area contributed by atoms with Crippen LogP contribution in [0.4, 0.5) is 0 Å². The third-order valence-electron chi connectivity index (χ3n) is 12.8. The molecule has 14 rings (SSSR count). The summed E-state index contributed by atoms with van der Waals surface area (Å²) in [6.45, 7) is 0. The van der Waals surface area contributed by atoms with E-state index in [2.05, 4.69) is 180 Å². The average molecular weight is 821 g/mol. The molecule has 0 N–H and O–H groups in total. The van der Waals surface area contributed by atoms with Crippen LogP contribution in [-0.4, -0.2) is 19.5 Å². The molecule has 14 aromatic rings. The highest BCUT2D eigenvalue weighted by atomic mass is 32.1. The van der Waals surface area contributed by atoms with Crippen molar-refractivity contribution in [1.29, 1.82) is 0 Å². The lowest BCUT2D eigenvalue weighted by Gasteiger charge is -2.10. The van der Waals surface area contributed by atoms with Gasteiger partial charge in [-0.05, 0) is 86.9 Å². The second-order valence-electron chi connectivity index (χ2n) is 16.4. The maximum atomic E-state index is 6.94. The van der Waals surface area contributed by atoms with Crippen molar-refractivity contribution in [2.45, 2.75) is 0 Å². The van der Waals surface area contributed by atoms with E-state index in [0.29, 0.717) is 17.5 Å². The zero-order valence-electron chi connectivity index (χ0n) is 33.6. The van der Waals surface area contributed by atoms with Crippen molar-refractivity contribution in [2.24, 2.45) is 0 Å². The van der Waals surface area contributed by atoms with Gasteiger partial charge >= 0.3 is 0 Å². The molecule has 0 atom stereocenters. The molecule has 0 aliphatic rings. The van der Waals surface area contributed by atoms with Crippen LogP contribution in [0.25, 0.3) is 136 Å². The lowest BCUT2D eigenvalue weighted by molar-refractivity contribution is 0.666. The van der Waals surface area contributed by atoms with Gasteiger partial charge in [-0.1, -0.05) is 140 Å². The molecule has 0 aliphatic heterocycles. The lowest BCUT2D eigenvalue weighted by Crippen LogP contribution is -2.00. The fraction of sp³-hybridized carbons (Fsp3) is 0. The zero-order chi connectivity index (χ0) is 41.2. The van der Waals surface area contributed by atoms with Gasteiger partial charge in [-0.25, -0.2) is 15.0 Å². The Labute approximate surface area is 363 Å². The van der Waals surface area contributed by atoms with E-state index in [1.165, 1.54) is 52.5 Å².